The molecule has 0 aliphatic rings. The third-order valence-corrected chi connectivity index (χ3v) is 4.32. The summed E-state index contributed by atoms with van der Waals surface area (Å²) < 4.78 is 5.11. The molecule has 0 saturated heterocycles. The van der Waals surface area contributed by atoms with Crippen molar-refractivity contribution in [2.45, 2.75) is 26.0 Å². The second-order valence-corrected chi connectivity index (χ2v) is 6.59. The first-order chi connectivity index (χ1) is 12.7. The molecule has 0 heterocycles. The molecule has 2 aromatic carbocycles. The second kappa shape index (κ2) is 8.83. The largest absolute Gasteiger partial charge is 0.449 e. The summed E-state index contributed by atoms with van der Waals surface area (Å²) in [6, 6.07) is 9.40. The normalized spacial score (nSPS) is 12.7. The van der Waals surface area contributed by atoms with Gasteiger partial charge in [0.25, 0.3) is 11.6 Å². The molecule has 0 radical (unpaired) electrons. The van der Waals surface area contributed by atoms with Crippen LogP contribution in [-0.4, -0.2) is 22.9 Å². The smallest absolute Gasteiger partial charge is 0.338 e. The summed E-state index contributed by atoms with van der Waals surface area (Å²) in [5, 5.41) is 14.2. The van der Waals surface area contributed by atoms with E-state index in [1.807, 2.05) is 0 Å². The maximum atomic E-state index is 12.3. The van der Waals surface area contributed by atoms with Crippen LogP contribution in [0.5, 0.6) is 0 Å². The molecule has 142 valence electrons. The predicted molar refractivity (Wildman–Crippen MR) is 101 cm³/mol. The van der Waals surface area contributed by atoms with E-state index in [2.05, 4.69) is 5.32 Å². The van der Waals surface area contributed by atoms with E-state index >= 15 is 0 Å². The molecule has 0 aliphatic carbocycles. The SMILES string of the molecule is C[C@@H](OC(=O)c1ccc([N+](=O)[O-])cc1)C(=O)N[C@H](C)c1ccc(Cl)cc1Cl. The number of benzene rings is 2. The maximum absolute atomic E-state index is 12.3. The van der Waals surface area contributed by atoms with E-state index in [4.69, 9.17) is 27.9 Å². The Balaban J connectivity index is 1.98. The molecule has 9 heteroatoms. The second-order valence-electron chi connectivity index (χ2n) is 5.75. The van der Waals surface area contributed by atoms with Gasteiger partial charge in [-0.15, -0.1) is 0 Å². The van der Waals surface area contributed by atoms with Crippen molar-refractivity contribution < 1.29 is 19.2 Å². The van der Waals surface area contributed by atoms with Crippen LogP contribution in [0, 0.1) is 10.1 Å². The van der Waals surface area contributed by atoms with Crippen LogP contribution in [0.15, 0.2) is 42.5 Å². The van der Waals surface area contributed by atoms with Crippen LogP contribution in [-0.2, 0) is 9.53 Å². The quantitative estimate of drug-likeness (QED) is 0.434. The van der Waals surface area contributed by atoms with Crippen molar-refractivity contribution in [1.82, 2.24) is 5.32 Å². The Bertz CT molecular complexity index is 871. The molecule has 0 bridgehead atoms. The van der Waals surface area contributed by atoms with E-state index in [1.54, 1.807) is 25.1 Å². The lowest BCUT2D eigenvalue weighted by molar-refractivity contribution is -0.384. The highest BCUT2D eigenvalue weighted by Crippen LogP contribution is 2.26. The van der Waals surface area contributed by atoms with Gasteiger partial charge < -0.3 is 10.1 Å². The lowest BCUT2D eigenvalue weighted by Gasteiger charge is -2.19. The molecule has 0 spiro atoms. The minimum Gasteiger partial charge on any atom is -0.449 e. The number of ether oxygens (including phenoxy) is 1. The van der Waals surface area contributed by atoms with Crippen LogP contribution in [0.2, 0.25) is 10.0 Å². The van der Waals surface area contributed by atoms with Gasteiger partial charge in [-0.05, 0) is 43.7 Å². The monoisotopic (exact) mass is 410 g/mol. The van der Waals surface area contributed by atoms with Crippen LogP contribution < -0.4 is 5.32 Å². The van der Waals surface area contributed by atoms with Gasteiger partial charge >= 0.3 is 5.97 Å². The summed E-state index contributed by atoms with van der Waals surface area (Å²) >= 11 is 12.0. The highest BCUT2D eigenvalue weighted by Gasteiger charge is 2.22. The molecule has 1 N–H and O–H groups in total. The summed E-state index contributed by atoms with van der Waals surface area (Å²) in [7, 11) is 0. The molecular formula is C18H16Cl2N2O5. The van der Waals surface area contributed by atoms with Crippen molar-refractivity contribution in [3.8, 4) is 0 Å². The van der Waals surface area contributed by atoms with Crippen LogP contribution in [0.1, 0.15) is 35.8 Å². The van der Waals surface area contributed by atoms with E-state index in [0.29, 0.717) is 15.6 Å². The molecular weight excluding hydrogens is 395 g/mol. The molecule has 1 amide bonds. The molecule has 0 unspecified atom stereocenters. The van der Waals surface area contributed by atoms with Crippen molar-refractivity contribution in [3.05, 3.63) is 73.8 Å². The summed E-state index contributed by atoms with van der Waals surface area (Å²) in [5.74, 6) is -1.27. The first kappa shape index (κ1) is 20.7. The van der Waals surface area contributed by atoms with Crippen LogP contribution in [0.4, 0.5) is 5.69 Å². The van der Waals surface area contributed by atoms with Gasteiger partial charge in [0.2, 0.25) is 0 Å². The first-order valence-electron chi connectivity index (χ1n) is 7.89. The van der Waals surface area contributed by atoms with E-state index in [-0.39, 0.29) is 11.3 Å². The molecule has 2 aromatic rings. The van der Waals surface area contributed by atoms with Crippen LogP contribution in [0.25, 0.3) is 0 Å². The van der Waals surface area contributed by atoms with Crippen LogP contribution >= 0.6 is 23.2 Å². The Hall–Kier alpha value is -2.64. The standard InChI is InChI=1S/C18H16Cl2N2O5/c1-10(15-8-5-13(19)9-16(15)20)21-17(23)11(2)27-18(24)12-3-6-14(7-4-12)22(25)26/h3-11H,1-2H3,(H,21,23)/t10-,11-/m1/s1. The third-order valence-electron chi connectivity index (χ3n) is 3.75. The number of nitrogens with one attached hydrogen (secondary N) is 1. The lowest BCUT2D eigenvalue weighted by Crippen LogP contribution is -2.37. The van der Waals surface area contributed by atoms with Gasteiger partial charge in [-0.25, -0.2) is 4.79 Å². The Labute approximate surface area is 165 Å². The minimum absolute atomic E-state index is 0.106. The summed E-state index contributed by atoms with van der Waals surface area (Å²) in [6.45, 7) is 3.16. The summed E-state index contributed by atoms with van der Waals surface area (Å²) in [6.07, 6.45) is -1.07. The Morgan fingerprint density at radius 3 is 2.30 bits per heavy atom. The molecule has 2 rings (SSSR count). The Morgan fingerprint density at radius 1 is 1.11 bits per heavy atom. The fourth-order valence-corrected chi connectivity index (χ4v) is 2.83. The van der Waals surface area contributed by atoms with Gasteiger partial charge in [-0.1, -0.05) is 29.3 Å². The average molecular weight is 411 g/mol. The molecule has 0 aliphatic heterocycles. The third kappa shape index (κ3) is 5.42. The van der Waals surface area contributed by atoms with Crippen LogP contribution in [0.3, 0.4) is 0 Å². The highest BCUT2D eigenvalue weighted by atomic mass is 35.5. The number of carbonyl (C=O) groups is 2. The summed E-state index contributed by atoms with van der Waals surface area (Å²) in [4.78, 5) is 34.4. The van der Waals surface area contributed by atoms with Crippen molar-refractivity contribution in [2.24, 2.45) is 0 Å². The van der Waals surface area contributed by atoms with Crippen molar-refractivity contribution in [3.63, 3.8) is 0 Å². The zero-order chi connectivity index (χ0) is 20.1. The number of hydrogen-bond donors (Lipinski definition) is 1. The molecule has 0 saturated carbocycles. The zero-order valence-corrected chi connectivity index (χ0v) is 16.0. The van der Waals surface area contributed by atoms with Gasteiger partial charge in [0.05, 0.1) is 16.5 Å². The van der Waals surface area contributed by atoms with Gasteiger partial charge in [0.15, 0.2) is 6.10 Å². The van der Waals surface area contributed by atoms with Crippen molar-refractivity contribution >= 4 is 40.8 Å². The number of rotatable bonds is 6. The zero-order valence-electron chi connectivity index (χ0n) is 14.4. The molecule has 27 heavy (non-hydrogen) atoms. The number of nitro benzene ring substituents is 1. The average Bonchev–Trinajstić information content (AvgIpc) is 2.61. The number of hydrogen-bond acceptors (Lipinski definition) is 5. The predicted octanol–water partition coefficient (Wildman–Crippen LogP) is 4.32. The Kier molecular flexibility index (Phi) is 6.76. The molecule has 7 nitrogen and oxygen atoms in total. The van der Waals surface area contributed by atoms with E-state index < -0.39 is 28.9 Å². The minimum atomic E-state index is -1.07. The van der Waals surface area contributed by atoms with Gasteiger partial charge in [-0.2, -0.15) is 0 Å². The fraction of sp³-hybridized carbons (Fsp3) is 0.222. The number of non-ortho nitro benzene ring substituents is 1. The number of nitrogens with zero attached hydrogens (tertiary/aromatic N) is 1. The number of halogens is 2. The molecule has 2 atom stereocenters. The van der Waals surface area contributed by atoms with Gasteiger partial charge in [0.1, 0.15) is 0 Å². The lowest BCUT2D eigenvalue weighted by atomic mass is 10.1. The number of carbonyl (C=O) groups excluding carboxylic acids is 2. The number of amides is 1. The van der Waals surface area contributed by atoms with Gasteiger partial charge in [0, 0.05) is 22.2 Å². The highest BCUT2D eigenvalue weighted by molar-refractivity contribution is 6.35. The number of nitro groups is 1. The van der Waals surface area contributed by atoms with Crippen molar-refractivity contribution in [2.75, 3.05) is 0 Å². The summed E-state index contributed by atoms with van der Waals surface area (Å²) in [5.41, 5.74) is 0.628. The van der Waals surface area contributed by atoms with Crippen molar-refractivity contribution in [1.29, 1.82) is 0 Å². The number of esters is 1. The molecule has 0 fully saturated rings. The van der Waals surface area contributed by atoms with E-state index in [9.17, 15) is 19.7 Å². The Morgan fingerprint density at radius 2 is 1.74 bits per heavy atom. The van der Waals surface area contributed by atoms with Gasteiger partial charge in [-0.3, -0.25) is 14.9 Å². The first-order valence-corrected chi connectivity index (χ1v) is 8.65. The maximum Gasteiger partial charge on any atom is 0.338 e. The molecule has 0 aromatic heterocycles. The van der Waals surface area contributed by atoms with E-state index in [1.165, 1.54) is 31.2 Å². The van der Waals surface area contributed by atoms with E-state index in [0.717, 1.165) is 0 Å². The fourth-order valence-electron chi connectivity index (χ4n) is 2.26. The topological polar surface area (TPSA) is 98.5 Å².